The van der Waals surface area contributed by atoms with Gasteiger partial charge in [-0.3, -0.25) is 9.59 Å². The Bertz CT molecular complexity index is 953. The molecule has 27 heavy (non-hydrogen) atoms. The molecular weight excluding hydrogens is 368 g/mol. The first-order chi connectivity index (χ1) is 12.8. The van der Waals surface area contributed by atoms with Crippen LogP contribution in [0, 0.1) is 0 Å². The zero-order valence-electron chi connectivity index (χ0n) is 15.0. The number of ketones is 1. The first-order valence-electron chi connectivity index (χ1n) is 8.40. The van der Waals surface area contributed by atoms with Crippen molar-refractivity contribution in [1.29, 1.82) is 0 Å². The van der Waals surface area contributed by atoms with E-state index in [2.05, 4.69) is 4.72 Å². The van der Waals surface area contributed by atoms with E-state index in [1.165, 1.54) is 31.2 Å². The maximum atomic E-state index is 12.6. The number of nitrogens with zero attached hydrogens (tertiary/aromatic N) is 1. The molecule has 0 unspecified atom stereocenters. The largest absolute Gasteiger partial charge is 0.497 e. The maximum absolute atomic E-state index is 12.6. The van der Waals surface area contributed by atoms with Crippen LogP contribution in [-0.2, 0) is 14.8 Å². The first-order valence-corrected chi connectivity index (χ1v) is 9.89. The smallest absolute Gasteiger partial charge is 0.245 e. The third-order valence-corrected chi connectivity index (χ3v) is 5.95. The lowest BCUT2D eigenvalue weighted by molar-refractivity contribution is -0.118. The second kappa shape index (κ2) is 7.50. The Hall–Kier alpha value is -2.71. The molecule has 1 aliphatic rings. The fourth-order valence-corrected chi connectivity index (χ4v) is 4.16. The van der Waals surface area contributed by atoms with Gasteiger partial charge in [0, 0.05) is 17.8 Å². The zero-order valence-corrected chi connectivity index (χ0v) is 15.8. The standard InChI is InChI=1S/C19H20N2O5S/c1-13(22)14-3-9-17(10-4-14)27(24,25)20-18-11-12-21(19(18)23)15-5-7-16(26-2)8-6-15/h3-10,18,20H,11-12H2,1-2H3/t18-/m0/s1. The Labute approximate surface area is 158 Å². The molecule has 142 valence electrons. The SMILES string of the molecule is COc1ccc(N2CC[C@H](NS(=O)(=O)c3ccc(C(C)=O)cc3)C2=O)cc1. The number of nitrogens with one attached hydrogen (secondary N) is 1. The molecule has 1 fully saturated rings. The van der Waals surface area contributed by atoms with Crippen molar-refractivity contribution in [3.63, 3.8) is 0 Å². The Morgan fingerprint density at radius 1 is 1.11 bits per heavy atom. The van der Waals surface area contributed by atoms with Crippen molar-refractivity contribution in [2.24, 2.45) is 0 Å². The van der Waals surface area contributed by atoms with Gasteiger partial charge in [-0.05, 0) is 49.7 Å². The summed E-state index contributed by atoms with van der Waals surface area (Å²) in [4.78, 5) is 25.5. The number of anilines is 1. The average Bonchev–Trinajstić information content (AvgIpc) is 3.01. The van der Waals surface area contributed by atoms with Gasteiger partial charge in [0.1, 0.15) is 11.8 Å². The van der Waals surface area contributed by atoms with Gasteiger partial charge in [-0.1, -0.05) is 12.1 Å². The number of Topliss-reactive ketones (excluding diaryl/α,β-unsaturated/α-hetero) is 1. The lowest BCUT2D eigenvalue weighted by Crippen LogP contribution is -2.41. The summed E-state index contributed by atoms with van der Waals surface area (Å²) >= 11 is 0. The van der Waals surface area contributed by atoms with Gasteiger partial charge in [0.2, 0.25) is 15.9 Å². The van der Waals surface area contributed by atoms with Crippen molar-refractivity contribution in [2.45, 2.75) is 24.3 Å². The molecule has 7 nitrogen and oxygen atoms in total. The van der Waals surface area contributed by atoms with Crippen LogP contribution in [-0.4, -0.2) is 39.8 Å². The number of benzene rings is 2. The summed E-state index contributed by atoms with van der Waals surface area (Å²) in [5.74, 6) is 0.230. The van der Waals surface area contributed by atoms with Crippen LogP contribution in [0.5, 0.6) is 5.75 Å². The molecule has 0 bridgehead atoms. The van der Waals surface area contributed by atoms with E-state index in [1.54, 1.807) is 36.3 Å². The van der Waals surface area contributed by atoms with Crippen molar-refractivity contribution in [2.75, 3.05) is 18.6 Å². The van der Waals surface area contributed by atoms with Crippen LogP contribution in [0.3, 0.4) is 0 Å². The van der Waals surface area contributed by atoms with Gasteiger partial charge >= 0.3 is 0 Å². The molecule has 1 heterocycles. The second-order valence-electron chi connectivity index (χ2n) is 6.23. The van der Waals surface area contributed by atoms with Crippen LogP contribution in [0.4, 0.5) is 5.69 Å². The molecule has 1 saturated heterocycles. The summed E-state index contributed by atoms with van der Waals surface area (Å²) in [6, 6.07) is 11.8. The van der Waals surface area contributed by atoms with E-state index in [0.717, 1.165) is 0 Å². The van der Waals surface area contributed by atoms with E-state index in [9.17, 15) is 18.0 Å². The van der Waals surface area contributed by atoms with Gasteiger partial charge in [0.15, 0.2) is 5.78 Å². The molecule has 8 heteroatoms. The predicted octanol–water partition coefficient (Wildman–Crippen LogP) is 1.98. The lowest BCUT2D eigenvalue weighted by Gasteiger charge is -2.17. The van der Waals surface area contributed by atoms with Crippen LogP contribution < -0.4 is 14.4 Å². The number of carbonyl (C=O) groups excluding carboxylic acids is 2. The lowest BCUT2D eigenvalue weighted by atomic mass is 10.2. The van der Waals surface area contributed by atoms with Gasteiger partial charge in [0.05, 0.1) is 12.0 Å². The van der Waals surface area contributed by atoms with Crippen molar-refractivity contribution < 1.29 is 22.7 Å². The topological polar surface area (TPSA) is 92.8 Å². The Kier molecular flexibility index (Phi) is 5.29. The summed E-state index contributed by atoms with van der Waals surface area (Å²) < 4.78 is 32.7. The molecule has 2 aromatic rings. The highest BCUT2D eigenvalue weighted by molar-refractivity contribution is 7.89. The van der Waals surface area contributed by atoms with Crippen molar-refractivity contribution in [3.05, 3.63) is 54.1 Å². The van der Waals surface area contributed by atoms with E-state index in [4.69, 9.17) is 4.74 Å². The normalized spacial score (nSPS) is 17.2. The third kappa shape index (κ3) is 4.01. The van der Waals surface area contributed by atoms with E-state index >= 15 is 0 Å². The number of rotatable bonds is 6. The molecule has 0 aliphatic carbocycles. The molecular formula is C19H20N2O5S. The van der Waals surface area contributed by atoms with E-state index < -0.39 is 16.1 Å². The highest BCUT2D eigenvalue weighted by atomic mass is 32.2. The number of sulfonamides is 1. The highest BCUT2D eigenvalue weighted by Crippen LogP contribution is 2.25. The van der Waals surface area contributed by atoms with E-state index in [0.29, 0.717) is 30.0 Å². The Balaban J connectivity index is 1.73. The minimum atomic E-state index is -3.86. The number of hydrogen-bond acceptors (Lipinski definition) is 5. The average molecular weight is 388 g/mol. The number of hydrogen-bond donors (Lipinski definition) is 1. The number of methoxy groups -OCH3 is 1. The van der Waals surface area contributed by atoms with Crippen LogP contribution in [0.2, 0.25) is 0 Å². The molecule has 1 amide bonds. The molecule has 0 saturated carbocycles. The predicted molar refractivity (Wildman–Crippen MR) is 101 cm³/mol. The van der Waals surface area contributed by atoms with Gasteiger partial charge in [-0.15, -0.1) is 0 Å². The monoisotopic (exact) mass is 388 g/mol. The summed E-state index contributed by atoms with van der Waals surface area (Å²) in [5, 5.41) is 0. The Morgan fingerprint density at radius 3 is 2.30 bits per heavy atom. The molecule has 0 aromatic heterocycles. The zero-order chi connectivity index (χ0) is 19.6. The van der Waals surface area contributed by atoms with E-state index in [-0.39, 0.29) is 16.6 Å². The second-order valence-corrected chi connectivity index (χ2v) is 7.94. The minimum Gasteiger partial charge on any atom is -0.497 e. The number of ether oxygens (including phenoxy) is 1. The summed E-state index contributed by atoms with van der Waals surface area (Å²) in [5.41, 5.74) is 1.12. The summed E-state index contributed by atoms with van der Waals surface area (Å²) in [6.07, 6.45) is 0.371. The van der Waals surface area contributed by atoms with Crippen molar-refractivity contribution >= 4 is 27.4 Å². The fraction of sp³-hybridized carbons (Fsp3) is 0.263. The van der Waals surface area contributed by atoms with Crippen LogP contribution in [0.15, 0.2) is 53.4 Å². The number of amides is 1. The molecule has 1 N–H and O–H groups in total. The quantitative estimate of drug-likeness (QED) is 0.764. The molecule has 0 radical (unpaired) electrons. The third-order valence-electron chi connectivity index (χ3n) is 4.46. The summed E-state index contributed by atoms with van der Waals surface area (Å²) in [7, 11) is -2.30. The van der Waals surface area contributed by atoms with Gasteiger partial charge in [0.25, 0.3) is 0 Å². The van der Waals surface area contributed by atoms with Crippen molar-refractivity contribution in [1.82, 2.24) is 4.72 Å². The van der Waals surface area contributed by atoms with Crippen molar-refractivity contribution in [3.8, 4) is 5.75 Å². The first kappa shape index (κ1) is 19.1. The molecule has 0 spiro atoms. The van der Waals surface area contributed by atoms with E-state index in [1.807, 2.05) is 0 Å². The molecule has 1 aliphatic heterocycles. The Morgan fingerprint density at radius 2 is 1.74 bits per heavy atom. The van der Waals surface area contributed by atoms with Crippen LogP contribution in [0.1, 0.15) is 23.7 Å². The van der Waals surface area contributed by atoms with Crippen LogP contribution >= 0.6 is 0 Å². The van der Waals surface area contributed by atoms with Gasteiger partial charge in [-0.25, -0.2) is 8.42 Å². The minimum absolute atomic E-state index is 0.0168. The van der Waals surface area contributed by atoms with Gasteiger partial charge in [-0.2, -0.15) is 4.72 Å². The number of carbonyl (C=O) groups is 2. The molecule has 3 rings (SSSR count). The highest BCUT2D eigenvalue weighted by Gasteiger charge is 2.35. The summed E-state index contributed by atoms with van der Waals surface area (Å²) in [6.45, 7) is 1.83. The maximum Gasteiger partial charge on any atom is 0.245 e. The van der Waals surface area contributed by atoms with Gasteiger partial charge < -0.3 is 9.64 Å². The van der Waals surface area contributed by atoms with Crippen LogP contribution in [0.25, 0.3) is 0 Å². The molecule has 1 atom stereocenters. The molecule has 2 aromatic carbocycles. The fourth-order valence-electron chi connectivity index (χ4n) is 2.93.